The molecule has 0 saturated heterocycles. The largest absolute Gasteiger partial charge is 0.457 e. The summed E-state index contributed by atoms with van der Waals surface area (Å²) in [5, 5.41) is 0.704. The molecule has 0 aliphatic heterocycles. The van der Waals surface area contributed by atoms with Gasteiger partial charge in [0.25, 0.3) is 0 Å². The van der Waals surface area contributed by atoms with Crippen LogP contribution in [0.1, 0.15) is 12.5 Å². The summed E-state index contributed by atoms with van der Waals surface area (Å²) in [5.74, 6) is 2.69. The van der Waals surface area contributed by atoms with Crippen LogP contribution in [-0.2, 0) is 6.42 Å². The van der Waals surface area contributed by atoms with Crippen molar-refractivity contribution in [2.45, 2.75) is 18.2 Å². The van der Waals surface area contributed by atoms with Crippen molar-refractivity contribution in [3.8, 4) is 11.5 Å². The van der Waals surface area contributed by atoms with Crippen LogP contribution in [-0.4, -0.2) is 12.3 Å². The maximum Gasteiger partial charge on any atom is 0.131 e. The zero-order valence-corrected chi connectivity index (χ0v) is 13.0. The van der Waals surface area contributed by atoms with E-state index in [1.807, 2.05) is 24.3 Å². The third-order valence-corrected chi connectivity index (χ3v) is 3.93. The normalized spacial score (nSPS) is 10.6. The molecule has 0 fully saturated rings. The Labute approximate surface area is 129 Å². The second kappa shape index (κ2) is 7.58. The van der Waals surface area contributed by atoms with E-state index in [0.29, 0.717) is 11.6 Å². The first kappa shape index (κ1) is 15.2. The summed E-state index contributed by atoms with van der Waals surface area (Å²) in [5.41, 5.74) is 6.79. The number of ether oxygens (including phenoxy) is 1. The van der Waals surface area contributed by atoms with Crippen molar-refractivity contribution in [1.82, 2.24) is 0 Å². The van der Waals surface area contributed by atoms with Crippen LogP contribution < -0.4 is 10.5 Å². The van der Waals surface area contributed by atoms with E-state index in [1.54, 1.807) is 11.8 Å². The number of nitrogens with two attached hydrogens (primary N) is 1. The Kier molecular flexibility index (Phi) is 5.77. The molecule has 106 valence electrons. The molecule has 4 heteroatoms. The minimum atomic E-state index is 0.608. The fourth-order valence-corrected chi connectivity index (χ4v) is 2.69. The molecule has 0 heterocycles. The molecule has 2 aromatic rings. The van der Waals surface area contributed by atoms with Crippen molar-refractivity contribution >= 4 is 23.4 Å². The van der Waals surface area contributed by atoms with Gasteiger partial charge in [-0.25, -0.2) is 0 Å². The number of rotatable bonds is 6. The second-order valence-electron chi connectivity index (χ2n) is 4.30. The van der Waals surface area contributed by atoms with Crippen molar-refractivity contribution in [2.75, 3.05) is 12.3 Å². The smallest absolute Gasteiger partial charge is 0.131 e. The summed E-state index contributed by atoms with van der Waals surface area (Å²) in [7, 11) is 0. The molecule has 0 saturated carbocycles. The Bertz CT molecular complexity index is 557. The van der Waals surface area contributed by atoms with Crippen molar-refractivity contribution < 1.29 is 4.74 Å². The standard InChI is InChI=1S/C16H18ClNOS/c1-2-20-15-8-3-12(9-10-18)16(11-15)19-14-6-4-13(17)5-7-14/h3-8,11H,2,9-10,18H2,1H3. The lowest BCUT2D eigenvalue weighted by atomic mass is 10.1. The highest BCUT2D eigenvalue weighted by Gasteiger charge is 2.07. The van der Waals surface area contributed by atoms with Gasteiger partial charge in [-0.2, -0.15) is 0 Å². The van der Waals surface area contributed by atoms with Gasteiger partial charge in [0.05, 0.1) is 0 Å². The summed E-state index contributed by atoms with van der Waals surface area (Å²) in [4.78, 5) is 1.21. The van der Waals surface area contributed by atoms with Gasteiger partial charge in [0.2, 0.25) is 0 Å². The zero-order chi connectivity index (χ0) is 14.4. The van der Waals surface area contributed by atoms with E-state index in [0.717, 1.165) is 29.2 Å². The van der Waals surface area contributed by atoms with E-state index in [4.69, 9.17) is 22.1 Å². The Morgan fingerprint density at radius 2 is 1.90 bits per heavy atom. The predicted octanol–water partition coefficient (Wildman–Crippen LogP) is 4.75. The lowest BCUT2D eigenvalue weighted by Gasteiger charge is -2.12. The van der Waals surface area contributed by atoms with Gasteiger partial charge in [0.15, 0.2) is 0 Å². The van der Waals surface area contributed by atoms with Crippen LogP contribution in [0.15, 0.2) is 47.4 Å². The third-order valence-electron chi connectivity index (χ3n) is 2.80. The summed E-state index contributed by atoms with van der Waals surface area (Å²) in [6, 6.07) is 13.7. The monoisotopic (exact) mass is 307 g/mol. The van der Waals surface area contributed by atoms with Gasteiger partial charge in [0, 0.05) is 9.92 Å². The van der Waals surface area contributed by atoms with Crippen molar-refractivity contribution in [2.24, 2.45) is 5.73 Å². The topological polar surface area (TPSA) is 35.2 Å². The SMILES string of the molecule is CCSc1ccc(CCN)c(Oc2ccc(Cl)cc2)c1. The number of hydrogen-bond acceptors (Lipinski definition) is 3. The lowest BCUT2D eigenvalue weighted by Crippen LogP contribution is -2.04. The van der Waals surface area contributed by atoms with Crippen LogP contribution in [0.4, 0.5) is 0 Å². The van der Waals surface area contributed by atoms with E-state index in [2.05, 4.69) is 25.1 Å². The molecule has 0 atom stereocenters. The highest BCUT2D eigenvalue weighted by Crippen LogP contribution is 2.31. The number of hydrogen-bond donors (Lipinski definition) is 1. The first-order chi connectivity index (χ1) is 9.72. The number of benzene rings is 2. The lowest BCUT2D eigenvalue weighted by molar-refractivity contribution is 0.475. The van der Waals surface area contributed by atoms with Gasteiger partial charge < -0.3 is 10.5 Å². The molecular weight excluding hydrogens is 290 g/mol. The molecule has 0 aliphatic carbocycles. The van der Waals surface area contributed by atoms with Crippen molar-refractivity contribution in [1.29, 1.82) is 0 Å². The van der Waals surface area contributed by atoms with Gasteiger partial charge in [-0.3, -0.25) is 0 Å². The average Bonchev–Trinajstić information content (AvgIpc) is 2.45. The van der Waals surface area contributed by atoms with E-state index < -0.39 is 0 Å². The first-order valence-electron chi connectivity index (χ1n) is 6.62. The molecule has 0 bridgehead atoms. The average molecular weight is 308 g/mol. The van der Waals surface area contributed by atoms with E-state index in [1.165, 1.54) is 4.90 Å². The number of halogens is 1. The van der Waals surface area contributed by atoms with Gasteiger partial charge in [-0.1, -0.05) is 24.6 Å². The molecule has 2 aromatic carbocycles. The first-order valence-corrected chi connectivity index (χ1v) is 7.98. The molecule has 20 heavy (non-hydrogen) atoms. The maximum absolute atomic E-state index is 5.98. The summed E-state index contributed by atoms with van der Waals surface area (Å²) < 4.78 is 5.98. The highest BCUT2D eigenvalue weighted by atomic mass is 35.5. The van der Waals surface area contributed by atoms with Crippen molar-refractivity contribution in [3.63, 3.8) is 0 Å². The van der Waals surface area contributed by atoms with Crippen molar-refractivity contribution in [3.05, 3.63) is 53.1 Å². The van der Waals surface area contributed by atoms with Crippen LogP contribution >= 0.6 is 23.4 Å². The molecule has 2 N–H and O–H groups in total. The van der Waals surface area contributed by atoms with Gasteiger partial charge in [0.1, 0.15) is 11.5 Å². The number of thioether (sulfide) groups is 1. The molecule has 2 nitrogen and oxygen atoms in total. The Morgan fingerprint density at radius 1 is 1.15 bits per heavy atom. The summed E-state index contributed by atoms with van der Waals surface area (Å²) in [6.45, 7) is 2.75. The Morgan fingerprint density at radius 3 is 2.55 bits per heavy atom. The summed E-state index contributed by atoms with van der Waals surface area (Å²) in [6.07, 6.45) is 0.806. The highest BCUT2D eigenvalue weighted by molar-refractivity contribution is 7.99. The molecular formula is C16H18ClNOS. The predicted molar refractivity (Wildman–Crippen MR) is 87.1 cm³/mol. The Balaban J connectivity index is 2.26. The van der Waals surface area contributed by atoms with Gasteiger partial charge >= 0.3 is 0 Å². The van der Waals surface area contributed by atoms with Gasteiger partial charge in [-0.15, -0.1) is 11.8 Å². The zero-order valence-electron chi connectivity index (χ0n) is 11.4. The molecule has 2 rings (SSSR count). The molecule has 0 radical (unpaired) electrons. The third kappa shape index (κ3) is 4.17. The molecule has 0 aliphatic rings. The fraction of sp³-hybridized carbons (Fsp3) is 0.250. The van der Waals surface area contributed by atoms with Crippen LogP contribution in [0.25, 0.3) is 0 Å². The van der Waals surface area contributed by atoms with Crippen LogP contribution in [0.5, 0.6) is 11.5 Å². The molecule has 0 aromatic heterocycles. The van der Waals surface area contributed by atoms with E-state index >= 15 is 0 Å². The minimum Gasteiger partial charge on any atom is -0.457 e. The van der Waals surface area contributed by atoms with Crippen LogP contribution in [0, 0.1) is 0 Å². The van der Waals surface area contributed by atoms with Crippen LogP contribution in [0.2, 0.25) is 5.02 Å². The van der Waals surface area contributed by atoms with E-state index in [9.17, 15) is 0 Å². The van der Waals surface area contributed by atoms with Gasteiger partial charge in [-0.05, 0) is 60.7 Å². The molecule has 0 unspecified atom stereocenters. The molecule has 0 spiro atoms. The molecule has 0 amide bonds. The summed E-state index contributed by atoms with van der Waals surface area (Å²) >= 11 is 7.68. The second-order valence-corrected chi connectivity index (χ2v) is 6.07. The van der Waals surface area contributed by atoms with Crippen LogP contribution in [0.3, 0.4) is 0 Å². The fourth-order valence-electron chi connectivity index (χ4n) is 1.88. The van der Waals surface area contributed by atoms with E-state index in [-0.39, 0.29) is 0 Å². The Hall–Kier alpha value is -1.16. The maximum atomic E-state index is 5.98. The minimum absolute atomic E-state index is 0.608. The quantitative estimate of drug-likeness (QED) is 0.782.